The molecule has 0 aliphatic rings. The van der Waals surface area contributed by atoms with E-state index in [4.69, 9.17) is 17.3 Å². The molecule has 0 spiro atoms. The number of halogens is 1. The molecule has 15 heavy (non-hydrogen) atoms. The first-order chi connectivity index (χ1) is 7.15. The maximum atomic E-state index is 5.99. The molecule has 0 fully saturated rings. The first-order valence-electron chi connectivity index (χ1n) is 4.55. The second kappa shape index (κ2) is 3.90. The largest absolute Gasteiger partial charge is 0.384 e. The Labute approximate surface area is 92.7 Å². The number of nitrogens with two attached hydrogens (primary N) is 1. The van der Waals surface area contributed by atoms with E-state index in [0.717, 1.165) is 11.3 Å². The molecule has 2 aromatic rings. The van der Waals surface area contributed by atoms with Gasteiger partial charge in [-0.2, -0.15) is 5.10 Å². The van der Waals surface area contributed by atoms with E-state index in [2.05, 4.69) is 10.1 Å². The van der Waals surface area contributed by atoms with E-state index in [-0.39, 0.29) is 0 Å². The van der Waals surface area contributed by atoms with Crippen molar-refractivity contribution in [1.29, 1.82) is 0 Å². The van der Waals surface area contributed by atoms with Gasteiger partial charge in [0.15, 0.2) is 0 Å². The molecule has 5 heteroatoms. The quantitative estimate of drug-likeness (QED) is 0.844. The van der Waals surface area contributed by atoms with Gasteiger partial charge in [0.25, 0.3) is 0 Å². The summed E-state index contributed by atoms with van der Waals surface area (Å²) >= 11 is 5.99. The van der Waals surface area contributed by atoms with E-state index in [1.165, 1.54) is 0 Å². The number of hydrogen-bond acceptors (Lipinski definition) is 3. The summed E-state index contributed by atoms with van der Waals surface area (Å²) in [6.45, 7) is 2.52. The maximum absolute atomic E-state index is 5.99. The summed E-state index contributed by atoms with van der Waals surface area (Å²) in [5.74, 6) is 0.471. The lowest BCUT2D eigenvalue weighted by molar-refractivity contribution is 0.673. The molecule has 0 saturated carbocycles. The average molecular weight is 223 g/mol. The Kier molecular flexibility index (Phi) is 2.60. The molecule has 4 nitrogen and oxygen atoms in total. The molecule has 0 aromatic carbocycles. The van der Waals surface area contributed by atoms with Crippen LogP contribution in [-0.4, -0.2) is 14.8 Å². The van der Waals surface area contributed by atoms with E-state index >= 15 is 0 Å². The molecule has 0 aliphatic heterocycles. The fourth-order valence-electron chi connectivity index (χ4n) is 1.32. The second-order valence-corrected chi connectivity index (χ2v) is 3.79. The molecule has 0 bridgehead atoms. The zero-order chi connectivity index (χ0) is 10.8. The number of pyridine rings is 1. The fraction of sp³-hybridized carbons (Fsp3) is 0.200. The van der Waals surface area contributed by atoms with Gasteiger partial charge in [0.1, 0.15) is 5.82 Å². The Bertz CT molecular complexity index is 478. The molecule has 0 aliphatic carbocycles. The molecule has 0 radical (unpaired) electrons. The fourth-order valence-corrected chi connectivity index (χ4v) is 1.48. The van der Waals surface area contributed by atoms with Gasteiger partial charge in [-0.05, 0) is 24.6 Å². The average Bonchev–Trinajstić information content (AvgIpc) is 2.58. The van der Waals surface area contributed by atoms with Crippen LogP contribution in [0.2, 0.25) is 5.02 Å². The van der Waals surface area contributed by atoms with Crippen molar-refractivity contribution in [3.8, 4) is 0 Å². The lowest BCUT2D eigenvalue weighted by Gasteiger charge is -2.04. The summed E-state index contributed by atoms with van der Waals surface area (Å²) in [6.07, 6.45) is 3.72. The first-order valence-corrected chi connectivity index (χ1v) is 4.93. The van der Waals surface area contributed by atoms with Gasteiger partial charge >= 0.3 is 0 Å². The smallest absolute Gasteiger partial charge is 0.123 e. The third-order valence-corrected chi connectivity index (χ3v) is 2.36. The van der Waals surface area contributed by atoms with Crippen LogP contribution in [0.5, 0.6) is 0 Å². The van der Waals surface area contributed by atoms with Gasteiger partial charge in [0, 0.05) is 6.20 Å². The molecule has 0 atom stereocenters. The minimum Gasteiger partial charge on any atom is -0.384 e. The lowest BCUT2D eigenvalue weighted by Crippen LogP contribution is -2.04. The highest BCUT2D eigenvalue weighted by atomic mass is 35.5. The molecule has 0 amide bonds. The van der Waals surface area contributed by atoms with Crippen LogP contribution in [0, 0.1) is 6.92 Å². The van der Waals surface area contributed by atoms with Crippen LogP contribution in [0.3, 0.4) is 0 Å². The van der Waals surface area contributed by atoms with Gasteiger partial charge in [0.2, 0.25) is 0 Å². The Morgan fingerprint density at radius 3 is 2.93 bits per heavy atom. The van der Waals surface area contributed by atoms with E-state index in [0.29, 0.717) is 17.4 Å². The van der Waals surface area contributed by atoms with E-state index < -0.39 is 0 Å². The predicted octanol–water partition coefficient (Wildman–Crippen LogP) is 1.87. The van der Waals surface area contributed by atoms with E-state index in [1.54, 1.807) is 23.0 Å². The van der Waals surface area contributed by atoms with Gasteiger partial charge < -0.3 is 5.73 Å². The summed E-state index contributed by atoms with van der Waals surface area (Å²) in [5, 5.41) is 4.77. The van der Waals surface area contributed by atoms with E-state index in [9.17, 15) is 0 Å². The first kappa shape index (κ1) is 9.98. The van der Waals surface area contributed by atoms with Crippen molar-refractivity contribution in [2.45, 2.75) is 13.5 Å². The monoisotopic (exact) mass is 222 g/mol. The summed E-state index contributed by atoms with van der Waals surface area (Å²) < 4.78 is 1.78. The Morgan fingerprint density at radius 1 is 1.47 bits per heavy atom. The van der Waals surface area contributed by atoms with Crippen LogP contribution in [0.4, 0.5) is 5.82 Å². The number of nitrogen functional groups attached to an aromatic ring is 1. The standard InChI is InChI=1S/C10H11ClN4/c1-7-4-13-15(5-7)6-9-8(11)2-3-10(12)14-9/h2-5H,6H2,1H3,(H2,12,14). The van der Waals surface area contributed by atoms with Gasteiger partial charge in [-0.1, -0.05) is 11.6 Å². The second-order valence-electron chi connectivity index (χ2n) is 3.38. The maximum Gasteiger partial charge on any atom is 0.123 e. The lowest BCUT2D eigenvalue weighted by atomic mass is 10.3. The number of aryl methyl sites for hydroxylation is 1. The minimum atomic E-state index is 0.471. The van der Waals surface area contributed by atoms with Crippen molar-refractivity contribution < 1.29 is 0 Å². The molecule has 78 valence electrons. The van der Waals surface area contributed by atoms with Crippen molar-refractivity contribution in [3.63, 3.8) is 0 Å². The van der Waals surface area contributed by atoms with Crippen LogP contribution in [-0.2, 0) is 6.54 Å². The Hall–Kier alpha value is -1.55. The van der Waals surface area contributed by atoms with Crippen molar-refractivity contribution in [2.75, 3.05) is 5.73 Å². The highest BCUT2D eigenvalue weighted by Gasteiger charge is 2.04. The van der Waals surface area contributed by atoms with Crippen LogP contribution >= 0.6 is 11.6 Å². The number of anilines is 1. The third kappa shape index (κ3) is 2.27. The molecular weight excluding hydrogens is 212 g/mol. The summed E-state index contributed by atoms with van der Waals surface area (Å²) in [7, 11) is 0. The molecule has 2 heterocycles. The Balaban J connectivity index is 2.27. The van der Waals surface area contributed by atoms with Gasteiger partial charge in [0.05, 0.1) is 23.5 Å². The predicted molar refractivity (Wildman–Crippen MR) is 59.7 cm³/mol. The topological polar surface area (TPSA) is 56.7 Å². The van der Waals surface area contributed by atoms with Crippen LogP contribution in [0.15, 0.2) is 24.5 Å². The van der Waals surface area contributed by atoms with Crippen molar-refractivity contribution in [1.82, 2.24) is 14.8 Å². The van der Waals surface area contributed by atoms with Gasteiger partial charge in [-0.25, -0.2) is 4.98 Å². The van der Waals surface area contributed by atoms with Crippen LogP contribution in [0.1, 0.15) is 11.3 Å². The summed E-state index contributed by atoms with van der Waals surface area (Å²) in [5.41, 5.74) is 7.43. The Morgan fingerprint density at radius 2 is 2.27 bits per heavy atom. The van der Waals surface area contributed by atoms with Crippen LogP contribution in [0.25, 0.3) is 0 Å². The van der Waals surface area contributed by atoms with Gasteiger partial charge in [-0.15, -0.1) is 0 Å². The molecule has 0 unspecified atom stereocenters. The minimum absolute atomic E-state index is 0.471. The molecule has 0 saturated heterocycles. The highest BCUT2D eigenvalue weighted by Crippen LogP contribution is 2.16. The molecule has 2 rings (SSSR count). The number of hydrogen-bond donors (Lipinski definition) is 1. The van der Waals surface area contributed by atoms with Crippen LogP contribution < -0.4 is 5.73 Å². The number of rotatable bonds is 2. The zero-order valence-corrected chi connectivity index (χ0v) is 9.07. The zero-order valence-electron chi connectivity index (χ0n) is 8.31. The van der Waals surface area contributed by atoms with Crippen molar-refractivity contribution in [2.24, 2.45) is 0 Å². The van der Waals surface area contributed by atoms with Crippen molar-refractivity contribution >= 4 is 17.4 Å². The summed E-state index contributed by atoms with van der Waals surface area (Å²) in [4.78, 5) is 4.16. The molecule has 2 N–H and O–H groups in total. The number of aromatic nitrogens is 3. The van der Waals surface area contributed by atoms with Gasteiger partial charge in [-0.3, -0.25) is 4.68 Å². The molecular formula is C10H11ClN4. The third-order valence-electron chi connectivity index (χ3n) is 2.01. The van der Waals surface area contributed by atoms with E-state index in [1.807, 2.05) is 13.1 Å². The SMILES string of the molecule is Cc1cnn(Cc2nc(N)ccc2Cl)c1. The molecule has 2 aromatic heterocycles. The highest BCUT2D eigenvalue weighted by molar-refractivity contribution is 6.31. The van der Waals surface area contributed by atoms with Crippen molar-refractivity contribution in [3.05, 3.63) is 40.8 Å². The summed E-state index contributed by atoms with van der Waals surface area (Å²) in [6, 6.07) is 3.43. The number of nitrogens with zero attached hydrogens (tertiary/aromatic N) is 3. The normalized spacial score (nSPS) is 10.5.